The molecule has 1 saturated carbocycles. The van der Waals surface area contributed by atoms with E-state index in [9.17, 15) is 8.42 Å². The number of sulfone groups is 1. The Morgan fingerprint density at radius 1 is 1.11 bits per heavy atom. The Morgan fingerprint density at radius 3 is 2.39 bits per heavy atom. The number of rotatable bonds is 5. The van der Waals surface area contributed by atoms with Crippen molar-refractivity contribution in [3.63, 3.8) is 0 Å². The summed E-state index contributed by atoms with van der Waals surface area (Å²) in [5.74, 6) is 2.76. The topological polar surface area (TPSA) is 34.1 Å². The molecule has 0 aromatic heterocycles. The first-order valence-electron chi connectivity index (χ1n) is 7.37. The van der Waals surface area contributed by atoms with Crippen LogP contribution in [0.25, 0.3) is 0 Å². The molecular weight excluding hydrogens is 312 g/mol. The molecule has 2 fully saturated rings. The zero-order chi connectivity index (χ0) is 13.0. The minimum Gasteiger partial charge on any atom is -0.229 e. The quantitative estimate of drug-likeness (QED) is 0.715. The van der Waals surface area contributed by atoms with Crippen LogP contribution in [-0.2, 0) is 9.84 Å². The van der Waals surface area contributed by atoms with E-state index in [0.717, 1.165) is 17.7 Å². The fourth-order valence-corrected chi connectivity index (χ4v) is 6.33. The zero-order valence-electron chi connectivity index (χ0n) is 11.1. The van der Waals surface area contributed by atoms with E-state index in [1.807, 2.05) is 0 Å². The predicted octanol–water partition coefficient (Wildman–Crippen LogP) is 3.79. The van der Waals surface area contributed by atoms with E-state index in [1.54, 1.807) is 0 Å². The lowest BCUT2D eigenvalue weighted by molar-refractivity contribution is 0.287. The molecule has 0 spiro atoms. The highest BCUT2D eigenvalue weighted by Crippen LogP contribution is 2.34. The largest absolute Gasteiger partial charge is 0.229 e. The highest BCUT2D eigenvalue weighted by Gasteiger charge is 2.33. The van der Waals surface area contributed by atoms with E-state index in [-0.39, 0.29) is 0 Å². The first kappa shape index (κ1) is 14.8. The summed E-state index contributed by atoms with van der Waals surface area (Å²) in [5, 5.41) is 0.972. The molecule has 0 N–H and O–H groups in total. The van der Waals surface area contributed by atoms with Gasteiger partial charge in [-0.3, -0.25) is 0 Å². The fourth-order valence-electron chi connectivity index (χ4n) is 3.56. The molecule has 2 unspecified atom stereocenters. The van der Waals surface area contributed by atoms with Gasteiger partial charge in [0.05, 0.1) is 11.5 Å². The van der Waals surface area contributed by atoms with Crippen LogP contribution in [0.2, 0.25) is 0 Å². The predicted molar refractivity (Wildman–Crippen MR) is 79.9 cm³/mol. The molecule has 1 aliphatic carbocycles. The molecule has 0 aromatic carbocycles. The molecular formula is C14H25BrO2S. The summed E-state index contributed by atoms with van der Waals surface area (Å²) in [4.78, 5) is 0. The second kappa shape index (κ2) is 6.74. The lowest BCUT2D eigenvalue weighted by Crippen LogP contribution is -2.19. The van der Waals surface area contributed by atoms with Crippen LogP contribution in [0.15, 0.2) is 0 Å². The minimum atomic E-state index is -2.71. The third-order valence-electron chi connectivity index (χ3n) is 4.80. The van der Waals surface area contributed by atoms with Gasteiger partial charge in [0, 0.05) is 5.33 Å². The number of halogens is 1. The van der Waals surface area contributed by atoms with Crippen molar-refractivity contribution in [3.8, 4) is 0 Å². The maximum Gasteiger partial charge on any atom is 0.150 e. The zero-order valence-corrected chi connectivity index (χ0v) is 13.5. The molecule has 0 bridgehead atoms. The lowest BCUT2D eigenvalue weighted by Gasteiger charge is -2.25. The SMILES string of the molecule is O=S1(=O)CCC(C(CBr)CCC2CCCCC2)C1. The molecule has 18 heavy (non-hydrogen) atoms. The van der Waals surface area contributed by atoms with E-state index in [2.05, 4.69) is 15.9 Å². The van der Waals surface area contributed by atoms with Gasteiger partial charge in [-0.2, -0.15) is 0 Å². The highest BCUT2D eigenvalue weighted by atomic mass is 79.9. The van der Waals surface area contributed by atoms with Crippen molar-refractivity contribution in [2.45, 2.75) is 51.4 Å². The van der Waals surface area contributed by atoms with Crippen molar-refractivity contribution >= 4 is 25.8 Å². The molecule has 0 radical (unpaired) electrons. The maximum atomic E-state index is 11.6. The van der Waals surface area contributed by atoms with E-state index in [0.29, 0.717) is 23.3 Å². The van der Waals surface area contributed by atoms with Gasteiger partial charge < -0.3 is 0 Å². The average molecular weight is 337 g/mol. The van der Waals surface area contributed by atoms with Gasteiger partial charge in [0.1, 0.15) is 0 Å². The van der Waals surface area contributed by atoms with E-state index in [1.165, 1.54) is 44.9 Å². The van der Waals surface area contributed by atoms with Gasteiger partial charge in [-0.25, -0.2) is 8.42 Å². The van der Waals surface area contributed by atoms with E-state index < -0.39 is 9.84 Å². The fraction of sp³-hybridized carbons (Fsp3) is 1.00. The van der Waals surface area contributed by atoms with Crippen molar-refractivity contribution in [1.29, 1.82) is 0 Å². The van der Waals surface area contributed by atoms with E-state index >= 15 is 0 Å². The van der Waals surface area contributed by atoms with Crippen LogP contribution in [-0.4, -0.2) is 25.3 Å². The molecule has 2 atom stereocenters. The summed E-state index contributed by atoms with van der Waals surface area (Å²) < 4.78 is 23.1. The Hall–Kier alpha value is 0.430. The van der Waals surface area contributed by atoms with Crippen molar-refractivity contribution in [2.24, 2.45) is 17.8 Å². The Balaban J connectivity index is 1.78. The van der Waals surface area contributed by atoms with Crippen LogP contribution in [0.1, 0.15) is 51.4 Å². The first-order valence-corrected chi connectivity index (χ1v) is 10.3. The van der Waals surface area contributed by atoms with Crippen molar-refractivity contribution in [2.75, 3.05) is 16.8 Å². The van der Waals surface area contributed by atoms with Crippen LogP contribution in [0.4, 0.5) is 0 Å². The summed E-state index contributed by atoms with van der Waals surface area (Å²) in [5.41, 5.74) is 0. The lowest BCUT2D eigenvalue weighted by atomic mass is 9.81. The van der Waals surface area contributed by atoms with E-state index in [4.69, 9.17) is 0 Å². The Labute approximate surface area is 120 Å². The Kier molecular flexibility index (Phi) is 5.55. The molecule has 2 nitrogen and oxygen atoms in total. The van der Waals surface area contributed by atoms with Crippen LogP contribution >= 0.6 is 15.9 Å². The van der Waals surface area contributed by atoms with Gasteiger partial charge in [-0.05, 0) is 30.6 Å². The third-order valence-corrected chi connectivity index (χ3v) is 7.43. The second-order valence-corrected chi connectivity index (χ2v) is 9.04. The van der Waals surface area contributed by atoms with Gasteiger partial charge in [0.2, 0.25) is 0 Å². The molecule has 4 heteroatoms. The summed E-state index contributed by atoms with van der Waals surface area (Å²) in [6.45, 7) is 0. The van der Waals surface area contributed by atoms with Crippen molar-refractivity contribution in [3.05, 3.63) is 0 Å². The molecule has 2 rings (SSSR count). The summed E-state index contributed by atoms with van der Waals surface area (Å²) >= 11 is 3.59. The van der Waals surface area contributed by atoms with Crippen molar-refractivity contribution < 1.29 is 8.42 Å². The number of alkyl halides is 1. The molecule has 1 aliphatic heterocycles. The van der Waals surface area contributed by atoms with Crippen molar-refractivity contribution in [1.82, 2.24) is 0 Å². The van der Waals surface area contributed by atoms with Crippen LogP contribution in [0, 0.1) is 17.8 Å². The average Bonchev–Trinajstić information content (AvgIpc) is 2.72. The minimum absolute atomic E-state index is 0.415. The summed E-state index contributed by atoms with van der Waals surface area (Å²) in [6, 6.07) is 0. The summed E-state index contributed by atoms with van der Waals surface area (Å²) in [6.07, 6.45) is 10.4. The number of hydrogen-bond donors (Lipinski definition) is 0. The number of hydrogen-bond acceptors (Lipinski definition) is 2. The maximum absolute atomic E-state index is 11.6. The smallest absolute Gasteiger partial charge is 0.150 e. The van der Waals surface area contributed by atoms with Crippen LogP contribution in [0.5, 0.6) is 0 Å². The normalized spacial score (nSPS) is 30.4. The molecule has 0 aromatic rings. The Morgan fingerprint density at radius 2 is 1.83 bits per heavy atom. The molecule has 1 saturated heterocycles. The molecule has 0 amide bonds. The van der Waals surface area contributed by atoms with Gasteiger partial charge in [0.15, 0.2) is 9.84 Å². The summed E-state index contributed by atoms with van der Waals surface area (Å²) in [7, 11) is -2.71. The molecule has 1 heterocycles. The van der Waals surface area contributed by atoms with Gasteiger partial charge >= 0.3 is 0 Å². The van der Waals surface area contributed by atoms with Crippen LogP contribution in [0.3, 0.4) is 0 Å². The highest BCUT2D eigenvalue weighted by molar-refractivity contribution is 9.09. The van der Waals surface area contributed by atoms with Gasteiger partial charge in [-0.15, -0.1) is 0 Å². The molecule has 2 aliphatic rings. The molecule has 106 valence electrons. The van der Waals surface area contributed by atoms with Gasteiger partial charge in [0.25, 0.3) is 0 Å². The van der Waals surface area contributed by atoms with Crippen LogP contribution < -0.4 is 0 Å². The Bertz CT molecular complexity index is 347. The van der Waals surface area contributed by atoms with Gasteiger partial charge in [-0.1, -0.05) is 54.5 Å². The first-order chi connectivity index (χ1) is 8.61. The third kappa shape index (κ3) is 4.22. The monoisotopic (exact) mass is 336 g/mol. The second-order valence-electron chi connectivity index (χ2n) is 6.16. The standard InChI is InChI=1S/C14H25BrO2S/c15-10-13(14-8-9-18(16,17)11-14)7-6-12-4-2-1-3-5-12/h12-14H,1-11H2.